The van der Waals surface area contributed by atoms with E-state index in [2.05, 4.69) is 4.98 Å². The van der Waals surface area contributed by atoms with E-state index in [1.54, 1.807) is 34.8 Å². The predicted molar refractivity (Wildman–Crippen MR) is 86.9 cm³/mol. The minimum Gasteiger partial charge on any atom is -0.326 e. The average Bonchev–Trinajstić information content (AvgIpc) is 2.54. The van der Waals surface area contributed by atoms with Crippen molar-refractivity contribution in [1.29, 1.82) is 0 Å². The van der Waals surface area contributed by atoms with Crippen LogP contribution in [0.25, 0.3) is 10.9 Å². The molecule has 118 valence electrons. The van der Waals surface area contributed by atoms with Crippen LogP contribution >= 0.6 is 0 Å². The molecule has 0 aliphatic carbocycles. The fourth-order valence-electron chi connectivity index (χ4n) is 3.18. The zero-order valence-corrected chi connectivity index (χ0v) is 13.5. The van der Waals surface area contributed by atoms with E-state index in [-0.39, 0.29) is 12.1 Å². The molecule has 2 atom stereocenters. The van der Waals surface area contributed by atoms with E-state index in [1.165, 1.54) is 0 Å². The van der Waals surface area contributed by atoms with Crippen molar-refractivity contribution in [3.05, 3.63) is 36.5 Å². The lowest BCUT2D eigenvalue weighted by Crippen LogP contribution is -2.51. The van der Waals surface area contributed by atoms with E-state index < -0.39 is 10.0 Å². The summed E-state index contributed by atoms with van der Waals surface area (Å²) in [6.07, 6.45) is 4.39. The molecule has 1 aliphatic heterocycles. The number of nitrogens with two attached hydrogens (primary N) is 1. The molecule has 0 amide bonds. The molecule has 2 aromatic rings. The van der Waals surface area contributed by atoms with E-state index in [9.17, 15) is 8.42 Å². The summed E-state index contributed by atoms with van der Waals surface area (Å²) in [6.45, 7) is 2.41. The van der Waals surface area contributed by atoms with Gasteiger partial charge in [0, 0.05) is 30.2 Å². The smallest absolute Gasteiger partial charge is 0.244 e. The Kier molecular flexibility index (Phi) is 4.16. The molecule has 1 aromatic heterocycles. The summed E-state index contributed by atoms with van der Waals surface area (Å²) >= 11 is 0. The summed E-state index contributed by atoms with van der Waals surface area (Å²) < 4.78 is 27.9. The molecule has 0 spiro atoms. The number of hydrogen-bond acceptors (Lipinski definition) is 4. The summed E-state index contributed by atoms with van der Waals surface area (Å²) in [5.41, 5.74) is 6.72. The third-order valence-corrected chi connectivity index (χ3v) is 6.28. The van der Waals surface area contributed by atoms with Crippen molar-refractivity contribution in [3.63, 3.8) is 0 Å². The first-order chi connectivity index (χ1) is 10.5. The fourth-order valence-corrected chi connectivity index (χ4v) is 5.16. The number of hydrogen-bond donors (Lipinski definition) is 1. The molecule has 0 bridgehead atoms. The highest BCUT2D eigenvalue weighted by Crippen LogP contribution is 2.30. The summed E-state index contributed by atoms with van der Waals surface area (Å²) in [5, 5.41) is 0.666. The Labute approximate surface area is 131 Å². The van der Waals surface area contributed by atoms with Gasteiger partial charge in [0.1, 0.15) is 0 Å². The quantitative estimate of drug-likeness (QED) is 0.940. The molecular weight excluding hydrogens is 298 g/mol. The van der Waals surface area contributed by atoms with Crippen molar-refractivity contribution in [1.82, 2.24) is 9.29 Å². The molecule has 0 saturated carbocycles. The van der Waals surface area contributed by atoms with Crippen molar-refractivity contribution in [3.8, 4) is 0 Å². The lowest BCUT2D eigenvalue weighted by molar-refractivity contribution is 0.227. The highest BCUT2D eigenvalue weighted by molar-refractivity contribution is 7.89. The van der Waals surface area contributed by atoms with Crippen LogP contribution in [0.2, 0.25) is 0 Å². The number of benzene rings is 1. The van der Waals surface area contributed by atoms with Crippen LogP contribution in [-0.4, -0.2) is 36.3 Å². The number of fused-ring (bicyclic) bond motifs is 1. The molecule has 2 N–H and O–H groups in total. The molecule has 2 heterocycles. The van der Waals surface area contributed by atoms with Crippen LogP contribution in [0.15, 0.2) is 41.4 Å². The van der Waals surface area contributed by atoms with Gasteiger partial charge in [0.15, 0.2) is 0 Å². The van der Waals surface area contributed by atoms with Gasteiger partial charge in [-0.1, -0.05) is 12.5 Å². The molecule has 1 aliphatic rings. The fraction of sp³-hybridized carbons (Fsp3) is 0.438. The van der Waals surface area contributed by atoms with Crippen molar-refractivity contribution < 1.29 is 8.42 Å². The second-order valence-electron chi connectivity index (χ2n) is 5.86. The molecule has 1 aromatic carbocycles. The van der Waals surface area contributed by atoms with Crippen molar-refractivity contribution >= 4 is 20.9 Å². The van der Waals surface area contributed by atoms with Gasteiger partial charge in [0.25, 0.3) is 0 Å². The van der Waals surface area contributed by atoms with Crippen molar-refractivity contribution in [2.45, 2.75) is 43.2 Å². The Hall–Kier alpha value is -1.50. The Morgan fingerprint density at radius 3 is 2.86 bits per heavy atom. The van der Waals surface area contributed by atoms with Crippen LogP contribution in [0.1, 0.15) is 26.2 Å². The minimum atomic E-state index is -3.57. The second-order valence-corrected chi connectivity index (χ2v) is 7.72. The lowest BCUT2D eigenvalue weighted by Gasteiger charge is -2.37. The summed E-state index contributed by atoms with van der Waals surface area (Å²) in [5.74, 6) is 0. The Morgan fingerprint density at radius 2 is 2.09 bits per heavy atom. The maximum absolute atomic E-state index is 13.2. The number of piperidine rings is 1. The van der Waals surface area contributed by atoms with E-state index in [4.69, 9.17) is 5.73 Å². The first-order valence-corrected chi connectivity index (χ1v) is 9.07. The van der Waals surface area contributed by atoms with Crippen LogP contribution in [0.3, 0.4) is 0 Å². The third kappa shape index (κ3) is 2.62. The van der Waals surface area contributed by atoms with Gasteiger partial charge >= 0.3 is 0 Å². The third-order valence-electron chi connectivity index (χ3n) is 4.30. The van der Waals surface area contributed by atoms with Crippen LogP contribution in [0.5, 0.6) is 0 Å². The normalized spacial score (nSPS) is 21.8. The maximum Gasteiger partial charge on any atom is 0.244 e. The largest absolute Gasteiger partial charge is 0.326 e. The Morgan fingerprint density at radius 1 is 1.27 bits per heavy atom. The second kappa shape index (κ2) is 5.95. The average molecular weight is 319 g/mol. The van der Waals surface area contributed by atoms with E-state index in [0.717, 1.165) is 19.3 Å². The van der Waals surface area contributed by atoms with Gasteiger partial charge in [0.2, 0.25) is 10.0 Å². The molecule has 0 unspecified atom stereocenters. The van der Waals surface area contributed by atoms with Gasteiger partial charge in [-0.2, -0.15) is 4.31 Å². The van der Waals surface area contributed by atoms with Gasteiger partial charge in [-0.3, -0.25) is 4.98 Å². The number of pyridine rings is 1. The molecule has 3 rings (SSSR count). The zero-order chi connectivity index (χ0) is 15.7. The van der Waals surface area contributed by atoms with Gasteiger partial charge in [-0.15, -0.1) is 0 Å². The van der Waals surface area contributed by atoms with Crippen molar-refractivity contribution in [2.75, 3.05) is 6.54 Å². The highest BCUT2D eigenvalue weighted by Gasteiger charge is 2.36. The first-order valence-electron chi connectivity index (χ1n) is 7.63. The number of aromatic nitrogens is 1. The van der Waals surface area contributed by atoms with Gasteiger partial charge in [-0.05, 0) is 44.0 Å². The van der Waals surface area contributed by atoms with E-state index in [1.807, 2.05) is 13.0 Å². The molecule has 5 nitrogen and oxygen atoms in total. The molecule has 0 radical (unpaired) electrons. The summed E-state index contributed by atoms with van der Waals surface area (Å²) in [6, 6.07) is 8.49. The Balaban J connectivity index is 2.11. The van der Waals surface area contributed by atoms with E-state index >= 15 is 0 Å². The topological polar surface area (TPSA) is 76.3 Å². The van der Waals surface area contributed by atoms with Gasteiger partial charge < -0.3 is 5.73 Å². The van der Waals surface area contributed by atoms with Crippen LogP contribution in [-0.2, 0) is 10.0 Å². The molecule has 6 heteroatoms. The molecule has 1 saturated heterocycles. The molecule has 22 heavy (non-hydrogen) atoms. The number of nitrogens with zero attached hydrogens (tertiary/aromatic N) is 2. The van der Waals surface area contributed by atoms with Gasteiger partial charge in [0.05, 0.1) is 10.4 Å². The van der Waals surface area contributed by atoms with Crippen LogP contribution in [0.4, 0.5) is 0 Å². The first kappa shape index (κ1) is 15.4. The summed E-state index contributed by atoms with van der Waals surface area (Å²) in [7, 11) is -3.57. The van der Waals surface area contributed by atoms with Crippen molar-refractivity contribution in [2.24, 2.45) is 5.73 Å². The lowest BCUT2D eigenvalue weighted by atomic mass is 10.00. The van der Waals surface area contributed by atoms with Gasteiger partial charge in [-0.25, -0.2) is 8.42 Å². The SMILES string of the molecule is C[C@H](N)[C@H]1CCCCN1S(=O)(=O)c1cccc2ncccc12. The highest BCUT2D eigenvalue weighted by atomic mass is 32.2. The maximum atomic E-state index is 13.2. The minimum absolute atomic E-state index is 0.134. The Bertz CT molecular complexity index is 769. The number of rotatable bonds is 3. The predicted octanol–water partition coefficient (Wildman–Crippen LogP) is 2.13. The summed E-state index contributed by atoms with van der Waals surface area (Å²) in [4.78, 5) is 4.57. The van der Waals surface area contributed by atoms with E-state index in [0.29, 0.717) is 22.3 Å². The molecular formula is C16H21N3O2S. The zero-order valence-electron chi connectivity index (χ0n) is 12.6. The monoisotopic (exact) mass is 319 g/mol. The number of sulfonamides is 1. The van der Waals surface area contributed by atoms with Crippen LogP contribution in [0, 0.1) is 0 Å². The molecule has 1 fully saturated rings. The standard InChI is InChI=1S/C16H21N3O2S/c1-12(17)15-8-2-3-11-19(15)22(20,21)16-9-4-7-14-13(16)6-5-10-18-14/h4-7,9-10,12,15H,2-3,8,11,17H2,1H3/t12-,15+/m0/s1. The van der Waals surface area contributed by atoms with Crippen LogP contribution < -0.4 is 5.73 Å².